The minimum absolute atomic E-state index is 0.119. The van der Waals surface area contributed by atoms with Gasteiger partial charge in [0.15, 0.2) is 4.80 Å². The molecule has 1 aliphatic heterocycles. The van der Waals surface area contributed by atoms with E-state index in [2.05, 4.69) is 0 Å². The topological polar surface area (TPSA) is 135 Å². The maximum atomic E-state index is 14.2. The van der Waals surface area contributed by atoms with E-state index in [1.807, 2.05) is 36.4 Å². The molecule has 1 unspecified atom stereocenters. The van der Waals surface area contributed by atoms with Crippen molar-refractivity contribution >= 4 is 34.8 Å². The Kier molecular flexibility index (Phi) is 8.36. The van der Waals surface area contributed by atoms with Crippen molar-refractivity contribution in [3.8, 4) is 22.8 Å². The van der Waals surface area contributed by atoms with E-state index in [4.69, 9.17) is 23.6 Å². The highest BCUT2D eigenvalue weighted by Gasteiger charge is 2.35. The molecule has 0 fully saturated rings. The molecule has 232 valence electrons. The van der Waals surface area contributed by atoms with Crippen molar-refractivity contribution in [2.24, 2.45) is 4.99 Å². The number of nitro benzene ring substituents is 1. The maximum absolute atomic E-state index is 14.2. The third-order valence-electron chi connectivity index (χ3n) is 7.34. The van der Waals surface area contributed by atoms with Gasteiger partial charge in [0, 0.05) is 23.8 Å². The second kappa shape index (κ2) is 12.7. The zero-order valence-corrected chi connectivity index (χ0v) is 25.8. The number of hydrogen-bond donors (Lipinski definition) is 0. The summed E-state index contributed by atoms with van der Waals surface area (Å²) in [5.41, 5.74) is 1.83. The first-order valence-electron chi connectivity index (χ1n) is 14.2. The minimum Gasteiger partial charge on any atom is -0.497 e. The Morgan fingerprint density at radius 2 is 1.85 bits per heavy atom. The number of rotatable bonds is 9. The van der Waals surface area contributed by atoms with E-state index < -0.39 is 22.5 Å². The number of aromatic nitrogens is 1. The van der Waals surface area contributed by atoms with E-state index in [1.54, 1.807) is 50.4 Å². The fourth-order valence-electron chi connectivity index (χ4n) is 5.27. The largest absolute Gasteiger partial charge is 0.497 e. The summed E-state index contributed by atoms with van der Waals surface area (Å²) in [6.07, 6.45) is 1.58. The fraction of sp³-hybridized carbons (Fsp3) is 0.147. The number of fused-ring (bicyclic) bond motifs is 1. The third kappa shape index (κ3) is 5.61. The molecule has 1 aliphatic rings. The summed E-state index contributed by atoms with van der Waals surface area (Å²) in [7, 11) is 3.01. The van der Waals surface area contributed by atoms with Crippen molar-refractivity contribution in [1.29, 1.82) is 0 Å². The first-order chi connectivity index (χ1) is 22.3. The Bertz CT molecular complexity index is 2180. The average molecular weight is 638 g/mol. The number of nitrogens with zero attached hydrogens (tertiary/aromatic N) is 3. The Hall–Kier alpha value is -5.75. The van der Waals surface area contributed by atoms with Crippen LogP contribution >= 0.6 is 11.3 Å². The number of ether oxygens (including phenoxy) is 3. The van der Waals surface area contributed by atoms with Crippen LogP contribution in [0, 0.1) is 10.1 Å². The lowest BCUT2D eigenvalue weighted by molar-refractivity contribution is -0.384. The molecule has 0 saturated heterocycles. The van der Waals surface area contributed by atoms with Crippen molar-refractivity contribution in [3.63, 3.8) is 0 Å². The number of furan rings is 1. The molecule has 0 spiro atoms. The van der Waals surface area contributed by atoms with E-state index in [0.717, 1.165) is 11.3 Å². The lowest BCUT2D eigenvalue weighted by Crippen LogP contribution is -2.40. The molecule has 2 aromatic heterocycles. The van der Waals surface area contributed by atoms with Crippen molar-refractivity contribution in [2.75, 3.05) is 20.8 Å². The van der Waals surface area contributed by atoms with Crippen molar-refractivity contribution in [1.82, 2.24) is 4.57 Å². The number of carbonyl (C=O) groups excluding carboxylic acids is 1. The van der Waals surface area contributed by atoms with Crippen LogP contribution in [0.1, 0.15) is 29.9 Å². The van der Waals surface area contributed by atoms with Crippen LogP contribution in [0.3, 0.4) is 0 Å². The molecular weight excluding hydrogens is 610 g/mol. The standard InChI is InChI=1S/C34H27N3O8S/c1-4-44-33(39)29-30(20-9-6-5-7-10-20)35-34-36(31(29)21-11-8-12-23(17-21)42-2)32(38)28(46-34)19-24-14-16-27(45-24)25-18-22(37(40)41)13-15-26(25)43-3/h5-19,31H,4H2,1-3H3. The Labute approximate surface area is 266 Å². The summed E-state index contributed by atoms with van der Waals surface area (Å²) in [4.78, 5) is 43.9. The van der Waals surface area contributed by atoms with Crippen molar-refractivity contribution in [3.05, 3.63) is 137 Å². The molecule has 0 N–H and O–H groups in total. The molecule has 3 aromatic carbocycles. The summed E-state index contributed by atoms with van der Waals surface area (Å²) < 4.78 is 24.2. The summed E-state index contributed by atoms with van der Waals surface area (Å²) in [6, 6.07) is 23.1. The molecule has 11 nitrogen and oxygen atoms in total. The van der Waals surface area contributed by atoms with Gasteiger partial charge in [-0.05, 0) is 42.8 Å². The van der Waals surface area contributed by atoms with Crippen LogP contribution < -0.4 is 24.4 Å². The van der Waals surface area contributed by atoms with E-state index >= 15 is 0 Å². The van der Waals surface area contributed by atoms with Gasteiger partial charge in [-0.2, -0.15) is 0 Å². The quantitative estimate of drug-likeness (QED) is 0.123. The highest BCUT2D eigenvalue weighted by Crippen LogP contribution is 2.37. The fourth-order valence-corrected chi connectivity index (χ4v) is 6.25. The summed E-state index contributed by atoms with van der Waals surface area (Å²) >= 11 is 1.15. The van der Waals surface area contributed by atoms with Crippen LogP contribution in [0.2, 0.25) is 0 Å². The molecule has 0 bridgehead atoms. The molecule has 0 amide bonds. The van der Waals surface area contributed by atoms with Gasteiger partial charge in [0.1, 0.15) is 23.0 Å². The molecule has 0 saturated carbocycles. The first kappa shape index (κ1) is 30.3. The summed E-state index contributed by atoms with van der Waals surface area (Å²) in [5.74, 6) is 1.02. The van der Waals surface area contributed by atoms with Gasteiger partial charge in [-0.25, -0.2) is 9.79 Å². The zero-order valence-electron chi connectivity index (χ0n) is 25.0. The van der Waals surface area contributed by atoms with Crippen LogP contribution in [0.4, 0.5) is 5.69 Å². The van der Waals surface area contributed by atoms with Gasteiger partial charge in [-0.1, -0.05) is 53.8 Å². The monoisotopic (exact) mass is 637 g/mol. The highest BCUT2D eigenvalue weighted by molar-refractivity contribution is 7.07. The molecule has 12 heteroatoms. The SMILES string of the molecule is CCOC(=O)C1=C(c2ccccc2)N=c2sc(=Cc3ccc(-c4cc([N+](=O)[O-])ccc4OC)o3)c(=O)n2C1c1cccc(OC)c1. The molecule has 5 aromatic rings. The number of benzene rings is 3. The predicted molar refractivity (Wildman–Crippen MR) is 171 cm³/mol. The zero-order chi connectivity index (χ0) is 32.4. The van der Waals surface area contributed by atoms with E-state index in [9.17, 15) is 19.7 Å². The normalized spacial score (nSPS) is 14.4. The smallest absolute Gasteiger partial charge is 0.338 e. The summed E-state index contributed by atoms with van der Waals surface area (Å²) in [5, 5.41) is 11.4. The molecular formula is C34H27N3O8S. The second-order valence-electron chi connectivity index (χ2n) is 10.1. The van der Waals surface area contributed by atoms with Crippen LogP contribution in [0.25, 0.3) is 23.1 Å². The Morgan fingerprint density at radius 1 is 1.04 bits per heavy atom. The van der Waals surface area contributed by atoms with Crippen LogP contribution in [-0.4, -0.2) is 36.3 Å². The van der Waals surface area contributed by atoms with E-state index in [1.165, 1.54) is 29.9 Å². The lowest BCUT2D eigenvalue weighted by Gasteiger charge is -2.26. The average Bonchev–Trinajstić information content (AvgIpc) is 3.67. The molecule has 1 atom stereocenters. The molecule has 0 radical (unpaired) electrons. The number of methoxy groups -OCH3 is 2. The number of hydrogen-bond acceptors (Lipinski definition) is 10. The number of carbonyl (C=O) groups is 1. The summed E-state index contributed by atoms with van der Waals surface area (Å²) in [6.45, 7) is 1.85. The Morgan fingerprint density at radius 3 is 2.57 bits per heavy atom. The van der Waals surface area contributed by atoms with E-state index in [0.29, 0.717) is 54.7 Å². The van der Waals surface area contributed by atoms with Crippen LogP contribution in [-0.2, 0) is 9.53 Å². The predicted octanol–water partition coefficient (Wildman–Crippen LogP) is 5.12. The minimum atomic E-state index is -0.871. The van der Waals surface area contributed by atoms with Crippen molar-refractivity contribution < 1.29 is 28.3 Å². The number of non-ortho nitro benzene ring substituents is 1. The highest BCUT2D eigenvalue weighted by atomic mass is 32.1. The van der Waals surface area contributed by atoms with Gasteiger partial charge in [0.05, 0.1) is 53.2 Å². The lowest BCUT2D eigenvalue weighted by atomic mass is 9.93. The van der Waals surface area contributed by atoms with Gasteiger partial charge in [0.2, 0.25) is 0 Å². The number of nitro groups is 1. The molecule has 46 heavy (non-hydrogen) atoms. The van der Waals surface area contributed by atoms with Gasteiger partial charge in [-0.15, -0.1) is 0 Å². The molecule has 3 heterocycles. The van der Waals surface area contributed by atoms with Crippen LogP contribution in [0.15, 0.2) is 105 Å². The maximum Gasteiger partial charge on any atom is 0.338 e. The van der Waals surface area contributed by atoms with Crippen molar-refractivity contribution in [2.45, 2.75) is 13.0 Å². The van der Waals surface area contributed by atoms with E-state index in [-0.39, 0.29) is 17.9 Å². The number of esters is 1. The van der Waals surface area contributed by atoms with Gasteiger partial charge >= 0.3 is 5.97 Å². The van der Waals surface area contributed by atoms with Gasteiger partial charge in [-0.3, -0.25) is 19.5 Å². The van der Waals surface area contributed by atoms with Gasteiger partial charge < -0.3 is 18.6 Å². The molecule has 0 aliphatic carbocycles. The van der Waals surface area contributed by atoms with Gasteiger partial charge in [0.25, 0.3) is 11.2 Å². The second-order valence-corrected chi connectivity index (χ2v) is 11.1. The third-order valence-corrected chi connectivity index (χ3v) is 8.33. The Balaban J connectivity index is 1.55. The molecule has 6 rings (SSSR count). The number of thiazole rings is 1. The first-order valence-corrected chi connectivity index (χ1v) is 15.0. The van der Waals surface area contributed by atoms with Crippen LogP contribution in [0.5, 0.6) is 11.5 Å².